The quantitative estimate of drug-likeness (QED) is 0.665. The number of allylic oxidation sites excluding steroid dienone is 4. The van der Waals surface area contributed by atoms with E-state index in [0.29, 0.717) is 64.6 Å². The summed E-state index contributed by atoms with van der Waals surface area (Å²) in [7, 11) is 1.54. The van der Waals surface area contributed by atoms with E-state index in [0.717, 1.165) is 0 Å². The van der Waals surface area contributed by atoms with Crippen molar-refractivity contribution in [3.8, 4) is 5.75 Å². The molecule has 0 N–H and O–H groups in total. The molecule has 3 aliphatic rings. The van der Waals surface area contributed by atoms with Gasteiger partial charge in [-0.1, -0.05) is 39.3 Å². The third-order valence-electron chi connectivity index (χ3n) is 6.81. The summed E-state index contributed by atoms with van der Waals surface area (Å²) in [5.74, 6) is -1.53. The highest BCUT2D eigenvalue weighted by atomic mass is 35.5. The predicted octanol–water partition coefficient (Wildman–Crippen LogP) is 3.78. The Morgan fingerprint density at radius 3 is 2.00 bits per heavy atom. The van der Waals surface area contributed by atoms with E-state index in [1.807, 2.05) is 27.7 Å². The van der Waals surface area contributed by atoms with E-state index in [9.17, 15) is 19.5 Å². The van der Waals surface area contributed by atoms with Gasteiger partial charge in [0.15, 0.2) is 11.6 Å². The van der Waals surface area contributed by atoms with Crippen molar-refractivity contribution < 1.29 is 24.2 Å². The number of halogens is 1. The summed E-state index contributed by atoms with van der Waals surface area (Å²) in [5, 5.41) is 12.3. The average molecular weight is 471 g/mol. The number of methoxy groups -OCH3 is 1. The zero-order chi connectivity index (χ0) is 24.3. The van der Waals surface area contributed by atoms with E-state index in [2.05, 4.69) is 0 Å². The molecule has 4 rings (SSSR count). The molecule has 0 amide bonds. The van der Waals surface area contributed by atoms with Gasteiger partial charge in [0.2, 0.25) is 0 Å². The van der Waals surface area contributed by atoms with Crippen LogP contribution in [-0.4, -0.2) is 36.1 Å². The van der Waals surface area contributed by atoms with E-state index in [4.69, 9.17) is 16.3 Å². The molecule has 0 atom stereocenters. The summed E-state index contributed by atoms with van der Waals surface area (Å²) in [6.07, 6.45) is 1.66. The Hall–Kier alpha value is -2.60. The number of carboxylic acid groups (broad SMARTS) is 1. The molecule has 0 saturated heterocycles. The SMILES string of the molecule is COc1ccc(Cl)cc1C1C2=C(CC(C)(C)CC2=O)N(CC(=O)[O-])C2=C1C(=O)CC(C)(C)C2. The predicted molar refractivity (Wildman–Crippen MR) is 123 cm³/mol. The minimum Gasteiger partial charge on any atom is -0.548 e. The zero-order valence-electron chi connectivity index (χ0n) is 19.7. The molecule has 0 fully saturated rings. The lowest BCUT2D eigenvalue weighted by Gasteiger charge is -2.49. The zero-order valence-corrected chi connectivity index (χ0v) is 20.5. The Kier molecular flexibility index (Phi) is 5.72. The minimum atomic E-state index is -1.25. The van der Waals surface area contributed by atoms with Gasteiger partial charge in [0.25, 0.3) is 0 Å². The minimum absolute atomic E-state index is 0.0826. The van der Waals surface area contributed by atoms with Gasteiger partial charge in [-0.25, -0.2) is 0 Å². The fourth-order valence-corrected chi connectivity index (χ4v) is 5.79. The van der Waals surface area contributed by atoms with Crippen molar-refractivity contribution in [3.05, 3.63) is 51.3 Å². The molecule has 7 heteroatoms. The summed E-state index contributed by atoms with van der Waals surface area (Å²) in [5.41, 5.74) is 2.25. The number of hydrogen-bond acceptors (Lipinski definition) is 6. The van der Waals surface area contributed by atoms with Crippen LogP contribution in [-0.2, 0) is 14.4 Å². The van der Waals surface area contributed by atoms with Crippen LogP contribution in [0.15, 0.2) is 40.7 Å². The van der Waals surface area contributed by atoms with Crippen molar-refractivity contribution in [1.82, 2.24) is 4.90 Å². The lowest BCUT2D eigenvalue weighted by molar-refractivity contribution is -0.305. The monoisotopic (exact) mass is 470 g/mol. The maximum absolute atomic E-state index is 13.6. The summed E-state index contributed by atoms with van der Waals surface area (Å²) < 4.78 is 5.61. The second kappa shape index (κ2) is 8.01. The highest BCUT2D eigenvalue weighted by Crippen LogP contribution is 2.55. The molecule has 33 heavy (non-hydrogen) atoms. The number of carbonyl (C=O) groups is 3. The molecule has 1 aromatic rings. The number of carbonyl (C=O) groups excluding carboxylic acids is 3. The van der Waals surface area contributed by atoms with Crippen molar-refractivity contribution in [2.75, 3.05) is 13.7 Å². The number of benzene rings is 1. The average Bonchev–Trinajstić information content (AvgIpc) is 2.67. The first-order valence-corrected chi connectivity index (χ1v) is 11.5. The Balaban J connectivity index is 2.06. The normalized spacial score (nSPS) is 22.3. The first kappa shape index (κ1) is 23.6. The van der Waals surface area contributed by atoms with E-state index < -0.39 is 18.4 Å². The Bertz CT molecular complexity index is 1070. The number of ketones is 2. The van der Waals surface area contributed by atoms with Crippen molar-refractivity contribution in [3.63, 3.8) is 0 Å². The molecule has 1 aliphatic heterocycles. The fraction of sp³-hybridized carbons (Fsp3) is 0.500. The molecule has 0 bridgehead atoms. The molecule has 6 nitrogen and oxygen atoms in total. The fourth-order valence-electron chi connectivity index (χ4n) is 5.61. The second-order valence-electron chi connectivity index (χ2n) is 10.9. The summed E-state index contributed by atoms with van der Waals surface area (Å²) >= 11 is 6.35. The van der Waals surface area contributed by atoms with Crippen molar-refractivity contribution in [2.45, 2.75) is 59.3 Å². The third kappa shape index (κ3) is 4.21. The highest BCUT2D eigenvalue weighted by molar-refractivity contribution is 6.30. The van der Waals surface area contributed by atoms with Crippen molar-refractivity contribution >= 4 is 29.1 Å². The molecule has 0 aromatic heterocycles. The number of hydrogen-bond donors (Lipinski definition) is 0. The molecule has 0 radical (unpaired) electrons. The van der Waals surface area contributed by atoms with Crippen LogP contribution in [0.3, 0.4) is 0 Å². The molecular weight excluding hydrogens is 442 g/mol. The lowest BCUT2D eigenvalue weighted by Crippen LogP contribution is -2.47. The summed E-state index contributed by atoms with van der Waals surface area (Å²) in [6, 6.07) is 5.19. The van der Waals surface area contributed by atoms with Gasteiger partial charge in [-0.05, 0) is 41.9 Å². The smallest absolute Gasteiger partial charge is 0.162 e. The molecule has 2 aliphatic carbocycles. The van der Waals surface area contributed by atoms with Gasteiger partial charge in [-0.3, -0.25) is 9.59 Å². The molecule has 1 heterocycles. The molecule has 0 saturated carbocycles. The van der Waals surface area contributed by atoms with Crippen molar-refractivity contribution in [1.29, 1.82) is 0 Å². The topological polar surface area (TPSA) is 86.7 Å². The summed E-state index contributed by atoms with van der Waals surface area (Å²) in [6.45, 7) is 7.60. The Morgan fingerprint density at radius 2 is 1.55 bits per heavy atom. The van der Waals surface area contributed by atoms with Crippen LogP contribution < -0.4 is 9.84 Å². The van der Waals surface area contributed by atoms with E-state index in [-0.39, 0.29) is 22.4 Å². The molecular formula is C26H29ClNO5-. The van der Waals surface area contributed by atoms with E-state index in [1.54, 1.807) is 30.2 Å². The Morgan fingerprint density at radius 1 is 1.03 bits per heavy atom. The maximum Gasteiger partial charge on any atom is 0.162 e. The van der Waals surface area contributed by atoms with Gasteiger partial charge in [0.05, 0.1) is 19.6 Å². The van der Waals surface area contributed by atoms with Crippen LogP contribution in [0.1, 0.15) is 64.9 Å². The molecule has 0 unspecified atom stereocenters. The molecule has 1 aromatic carbocycles. The third-order valence-corrected chi connectivity index (χ3v) is 7.05. The van der Waals surface area contributed by atoms with Crippen LogP contribution in [0, 0.1) is 10.8 Å². The summed E-state index contributed by atoms with van der Waals surface area (Å²) in [4.78, 5) is 40.7. The standard InChI is InChI=1S/C26H30ClNO5/c1-25(2)9-16-23(18(29)11-25)22(15-8-14(27)6-7-20(15)33-5)24-17(28(16)13-21(31)32)10-26(3,4)12-19(24)30/h6-8,22H,9-13H2,1-5H3,(H,31,32)/p-1. The van der Waals surface area contributed by atoms with Crippen molar-refractivity contribution in [2.24, 2.45) is 10.8 Å². The van der Waals surface area contributed by atoms with E-state index in [1.165, 1.54) is 0 Å². The number of Topliss-reactive ketones (excluding diaryl/α,β-unsaturated/α-hetero) is 2. The van der Waals surface area contributed by atoms with E-state index >= 15 is 0 Å². The van der Waals surface area contributed by atoms with Gasteiger partial charge >= 0.3 is 0 Å². The van der Waals surface area contributed by atoms with Gasteiger partial charge in [0.1, 0.15) is 5.75 Å². The number of carboxylic acids is 1. The van der Waals surface area contributed by atoms with Crippen LogP contribution in [0.4, 0.5) is 0 Å². The Labute approximate surface area is 199 Å². The van der Waals surface area contributed by atoms with Crippen LogP contribution in [0.5, 0.6) is 5.75 Å². The second-order valence-corrected chi connectivity index (χ2v) is 11.3. The largest absolute Gasteiger partial charge is 0.548 e. The van der Waals surface area contributed by atoms with Gasteiger partial charge < -0.3 is 19.5 Å². The highest BCUT2D eigenvalue weighted by Gasteiger charge is 2.49. The van der Waals surface area contributed by atoms with Crippen LogP contribution >= 0.6 is 11.6 Å². The lowest BCUT2D eigenvalue weighted by atomic mass is 9.63. The van der Waals surface area contributed by atoms with Gasteiger partial charge in [0, 0.05) is 51.9 Å². The number of nitrogens with zero attached hydrogens (tertiary/aromatic N) is 1. The molecule has 176 valence electrons. The number of ether oxygens (including phenoxy) is 1. The molecule has 0 spiro atoms. The maximum atomic E-state index is 13.6. The first-order valence-electron chi connectivity index (χ1n) is 11.2. The van der Waals surface area contributed by atoms with Crippen LogP contribution in [0.25, 0.3) is 0 Å². The number of aliphatic carboxylic acids is 1. The van der Waals surface area contributed by atoms with Gasteiger partial charge in [-0.15, -0.1) is 0 Å². The van der Waals surface area contributed by atoms with Gasteiger partial charge in [-0.2, -0.15) is 0 Å². The number of rotatable bonds is 4. The first-order chi connectivity index (χ1) is 15.3. The van der Waals surface area contributed by atoms with Crippen LogP contribution in [0.2, 0.25) is 5.02 Å².